The van der Waals surface area contributed by atoms with Crippen LogP contribution in [-0.4, -0.2) is 24.2 Å². The summed E-state index contributed by atoms with van der Waals surface area (Å²) in [7, 11) is 0. The number of nitrogens with zero attached hydrogens (tertiary/aromatic N) is 2. The molecule has 1 aliphatic heterocycles. The van der Waals surface area contributed by atoms with Gasteiger partial charge in [0.2, 0.25) is 0 Å². The lowest BCUT2D eigenvalue weighted by atomic mass is 10.1. The first-order valence-electron chi connectivity index (χ1n) is 8.07. The lowest BCUT2D eigenvalue weighted by Crippen LogP contribution is -2.37. The van der Waals surface area contributed by atoms with E-state index in [0.717, 1.165) is 11.6 Å². The fourth-order valence-corrected chi connectivity index (χ4v) is 2.80. The Labute approximate surface area is 143 Å². The van der Waals surface area contributed by atoms with E-state index in [1.54, 1.807) is 18.2 Å². The first-order valence-corrected chi connectivity index (χ1v) is 8.07. The van der Waals surface area contributed by atoms with E-state index in [2.05, 4.69) is 4.98 Å². The number of hydrogen-bond donors (Lipinski definition) is 0. The van der Waals surface area contributed by atoms with Crippen LogP contribution in [0.15, 0.2) is 42.5 Å². The van der Waals surface area contributed by atoms with Crippen LogP contribution < -0.4 is 4.90 Å². The topological polar surface area (TPSA) is 25.4 Å². The lowest BCUT2D eigenvalue weighted by Gasteiger charge is -2.33. The third-order valence-corrected chi connectivity index (χ3v) is 4.19. The average Bonchev–Trinajstić information content (AvgIpc) is 2.61. The molecule has 2 aromatic rings. The minimum Gasteiger partial charge on any atom is -0.373 e. The monoisotopic (exact) mass is 354 g/mol. The zero-order valence-electron chi connectivity index (χ0n) is 13.5. The van der Waals surface area contributed by atoms with Gasteiger partial charge in [-0.2, -0.15) is 13.2 Å². The first-order chi connectivity index (χ1) is 11.9. The molecule has 0 bridgehead atoms. The summed E-state index contributed by atoms with van der Waals surface area (Å²) in [6, 6.07) is 10.1. The average molecular weight is 354 g/mol. The second kappa shape index (κ2) is 7.39. The number of piperidine rings is 1. The number of anilines is 1. The van der Waals surface area contributed by atoms with Gasteiger partial charge in [0.25, 0.3) is 0 Å². The smallest absolute Gasteiger partial charge is 0.373 e. The summed E-state index contributed by atoms with van der Waals surface area (Å²) in [4.78, 5) is 5.56. The van der Waals surface area contributed by atoms with Gasteiger partial charge in [0.15, 0.2) is 0 Å². The lowest BCUT2D eigenvalue weighted by molar-refractivity contribution is -0.141. The summed E-state index contributed by atoms with van der Waals surface area (Å²) in [6.45, 7) is 1.57. The van der Waals surface area contributed by atoms with Crippen molar-refractivity contribution in [2.45, 2.75) is 31.7 Å². The Morgan fingerprint density at radius 3 is 2.36 bits per heavy atom. The Balaban J connectivity index is 1.52. The summed E-state index contributed by atoms with van der Waals surface area (Å²) in [5.74, 6) is 0.0532. The molecule has 0 N–H and O–H groups in total. The van der Waals surface area contributed by atoms with Crippen molar-refractivity contribution in [1.29, 1.82) is 0 Å². The van der Waals surface area contributed by atoms with Crippen LogP contribution in [0.5, 0.6) is 0 Å². The SMILES string of the molecule is Fc1ccc(COC2CCN(c3cccc(C(F)(F)F)n3)CC2)cc1. The van der Waals surface area contributed by atoms with E-state index in [1.165, 1.54) is 18.2 Å². The van der Waals surface area contributed by atoms with E-state index < -0.39 is 11.9 Å². The number of ether oxygens (including phenoxy) is 1. The van der Waals surface area contributed by atoms with E-state index in [-0.39, 0.29) is 11.9 Å². The van der Waals surface area contributed by atoms with Crippen LogP contribution in [0.2, 0.25) is 0 Å². The maximum Gasteiger partial charge on any atom is 0.433 e. The second-order valence-corrected chi connectivity index (χ2v) is 6.00. The summed E-state index contributed by atoms with van der Waals surface area (Å²) in [5.41, 5.74) is 0.0167. The molecule has 1 saturated heterocycles. The molecule has 0 unspecified atom stereocenters. The summed E-state index contributed by atoms with van der Waals surface area (Å²) < 4.78 is 57.0. The van der Waals surface area contributed by atoms with Gasteiger partial charge in [-0.05, 0) is 42.7 Å². The van der Waals surface area contributed by atoms with Gasteiger partial charge in [-0.1, -0.05) is 18.2 Å². The number of alkyl halides is 3. The van der Waals surface area contributed by atoms with Crippen LogP contribution in [0.25, 0.3) is 0 Å². The zero-order valence-corrected chi connectivity index (χ0v) is 13.5. The number of hydrogen-bond acceptors (Lipinski definition) is 3. The summed E-state index contributed by atoms with van der Waals surface area (Å²) >= 11 is 0. The van der Waals surface area contributed by atoms with E-state index in [1.807, 2.05) is 4.90 Å². The van der Waals surface area contributed by atoms with Crippen LogP contribution in [0, 0.1) is 5.82 Å². The van der Waals surface area contributed by atoms with Crippen molar-refractivity contribution < 1.29 is 22.3 Å². The highest BCUT2D eigenvalue weighted by molar-refractivity contribution is 5.40. The zero-order chi connectivity index (χ0) is 17.9. The highest BCUT2D eigenvalue weighted by Gasteiger charge is 2.33. The minimum atomic E-state index is -4.44. The maximum atomic E-state index is 12.9. The predicted molar refractivity (Wildman–Crippen MR) is 85.7 cm³/mol. The van der Waals surface area contributed by atoms with Crippen molar-refractivity contribution in [3.8, 4) is 0 Å². The first kappa shape index (κ1) is 17.7. The molecule has 0 saturated carbocycles. The van der Waals surface area contributed by atoms with Crippen molar-refractivity contribution >= 4 is 5.82 Å². The fourth-order valence-electron chi connectivity index (χ4n) is 2.80. The Morgan fingerprint density at radius 1 is 1.04 bits per heavy atom. The van der Waals surface area contributed by atoms with Crippen molar-refractivity contribution in [3.63, 3.8) is 0 Å². The molecule has 1 aromatic heterocycles. The molecular weight excluding hydrogens is 336 g/mol. The number of pyridine rings is 1. The minimum absolute atomic E-state index is 0.0344. The Bertz CT molecular complexity index is 695. The number of aromatic nitrogens is 1. The molecule has 3 rings (SSSR count). The van der Waals surface area contributed by atoms with Gasteiger partial charge in [-0.15, -0.1) is 0 Å². The van der Waals surface area contributed by atoms with Crippen LogP contribution >= 0.6 is 0 Å². The molecule has 2 heterocycles. The van der Waals surface area contributed by atoms with Crippen molar-refractivity contribution in [3.05, 3.63) is 59.5 Å². The number of rotatable bonds is 4. The van der Waals surface area contributed by atoms with Gasteiger partial charge in [0.1, 0.15) is 17.3 Å². The molecule has 3 nitrogen and oxygen atoms in total. The molecule has 0 radical (unpaired) electrons. The van der Waals surface area contributed by atoms with Crippen molar-refractivity contribution in [2.24, 2.45) is 0 Å². The van der Waals surface area contributed by atoms with E-state index >= 15 is 0 Å². The van der Waals surface area contributed by atoms with Gasteiger partial charge in [-0.25, -0.2) is 9.37 Å². The Kier molecular flexibility index (Phi) is 5.22. The Morgan fingerprint density at radius 2 is 1.72 bits per heavy atom. The molecule has 1 fully saturated rings. The predicted octanol–water partition coefficient (Wildman–Crippen LogP) is 4.43. The van der Waals surface area contributed by atoms with Gasteiger partial charge in [0.05, 0.1) is 12.7 Å². The largest absolute Gasteiger partial charge is 0.433 e. The molecule has 1 aliphatic rings. The summed E-state index contributed by atoms with van der Waals surface area (Å²) in [6.07, 6.45) is -2.99. The van der Waals surface area contributed by atoms with Crippen LogP contribution in [0.1, 0.15) is 24.1 Å². The molecule has 1 aromatic carbocycles. The van der Waals surface area contributed by atoms with Gasteiger partial charge in [-0.3, -0.25) is 0 Å². The maximum absolute atomic E-state index is 12.9. The highest BCUT2D eigenvalue weighted by atomic mass is 19.4. The van der Waals surface area contributed by atoms with Crippen molar-refractivity contribution in [2.75, 3.05) is 18.0 Å². The standard InChI is InChI=1S/C18H18F4N2O/c19-14-6-4-13(5-7-14)12-25-15-8-10-24(11-9-15)17-3-1-2-16(23-17)18(20,21)22/h1-7,15H,8-12H2. The third kappa shape index (κ3) is 4.69. The summed E-state index contributed by atoms with van der Waals surface area (Å²) in [5, 5.41) is 0. The van der Waals surface area contributed by atoms with E-state index in [9.17, 15) is 17.6 Å². The molecule has 0 atom stereocenters. The van der Waals surface area contributed by atoms with Crippen LogP contribution in [-0.2, 0) is 17.5 Å². The number of benzene rings is 1. The third-order valence-electron chi connectivity index (χ3n) is 4.19. The quantitative estimate of drug-likeness (QED) is 0.760. The number of halogens is 4. The van der Waals surface area contributed by atoms with E-state index in [4.69, 9.17) is 4.74 Å². The highest BCUT2D eigenvalue weighted by Crippen LogP contribution is 2.29. The van der Waals surface area contributed by atoms with Gasteiger partial charge < -0.3 is 9.64 Å². The van der Waals surface area contributed by atoms with Gasteiger partial charge >= 0.3 is 6.18 Å². The van der Waals surface area contributed by atoms with E-state index in [0.29, 0.717) is 38.4 Å². The molecule has 0 spiro atoms. The molecule has 134 valence electrons. The van der Waals surface area contributed by atoms with Gasteiger partial charge in [0, 0.05) is 13.1 Å². The molecule has 0 amide bonds. The molecule has 25 heavy (non-hydrogen) atoms. The van der Waals surface area contributed by atoms with Crippen LogP contribution in [0.4, 0.5) is 23.4 Å². The Hall–Kier alpha value is -2.15. The fraction of sp³-hybridized carbons (Fsp3) is 0.389. The normalized spacial score (nSPS) is 16.2. The van der Waals surface area contributed by atoms with Crippen LogP contribution in [0.3, 0.4) is 0 Å². The second-order valence-electron chi connectivity index (χ2n) is 6.00. The molecular formula is C18H18F4N2O. The van der Waals surface area contributed by atoms with Crippen molar-refractivity contribution in [1.82, 2.24) is 4.98 Å². The molecule has 0 aliphatic carbocycles. The molecule has 7 heteroatoms.